The highest BCUT2D eigenvalue weighted by Crippen LogP contribution is 2.29. The van der Waals surface area contributed by atoms with E-state index >= 15 is 0 Å². The molecule has 0 atom stereocenters. The van der Waals surface area contributed by atoms with Crippen molar-refractivity contribution in [3.8, 4) is 0 Å². The number of nitrogens with zero attached hydrogens (tertiary/aromatic N) is 1. The van der Waals surface area contributed by atoms with Gasteiger partial charge in [-0.2, -0.15) is 4.31 Å². The van der Waals surface area contributed by atoms with Gasteiger partial charge in [-0.05, 0) is 37.5 Å². The monoisotopic (exact) mass is 326 g/mol. The molecule has 116 valence electrons. The molecule has 0 aliphatic heterocycles. The summed E-state index contributed by atoms with van der Waals surface area (Å²) in [5, 5.41) is 0. The van der Waals surface area contributed by atoms with Gasteiger partial charge < -0.3 is 5.73 Å². The van der Waals surface area contributed by atoms with Crippen LogP contribution in [-0.4, -0.2) is 30.3 Å². The Labute approximate surface area is 132 Å². The molecule has 1 aliphatic carbocycles. The van der Waals surface area contributed by atoms with Crippen molar-refractivity contribution >= 4 is 27.2 Å². The lowest BCUT2D eigenvalue weighted by Gasteiger charge is -2.27. The van der Waals surface area contributed by atoms with E-state index in [1.54, 1.807) is 22.5 Å². The Hall–Kier alpha value is -0.980. The number of rotatable bonds is 5. The van der Waals surface area contributed by atoms with E-state index in [0.29, 0.717) is 16.4 Å². The van der Waals surface area contributed by atoms with Gasteiger partial charge in [0, 0.05) is 18.2 Å². The van der Waals surface area contributed by atoms with Gasteiger partial charge in [0.25, 0.3) is 0 Å². The van der Waals surface area contributed by atoms with E-state index in [1.165, 1.54) is 0 Å². The van der Waals surface area contributed by atoms with Gasteiger partial charge in [0.15, 0.2) is 0 Å². The van der Waals surface area contributed by atoms with Crippen molar-refractivity contribution in [2.45, 2.75) is 50.5 Å². The standard InChI is InChI=1S/C15H22N2O2S2/c1-3-17(12-6-4-5-7-12)21(18,19)13-8-9-14(15(16)20)11(2)10-13/h8-10,12H,3-7H2,1-2H3,(H2,16,20). The Balaban J connectivity index is 2.38. The van der Waals surface area contributed by atoms with Crippen LogP contribution in [0.2, 0.25) is 0 Å². The zero-order valence-corrected chi connectivity index (χ0v) is 14.1. The van der Waals surface area contributed by atoms with E-state index in [4.69, 9.17) is 18.0 Å². The van der Waals surface area contributed by atoms with E-state index in [1.807, 2.05) is 13.8 Å². The number of benzene rings is 1. The lowest BCUT2D eigenvalue weighted by atomic mass is 10.1. The van der Waals surface area contributed by atoms with E-state index in [-0.39, 0.29) is 6.04 Å². The third-order valence-electron chi connectivity index (χ3n) is 4.11. The minimum Gasteiger partial charge on any atom is -0.389 e. The zero-order chi connectivity index (χ0) is 15.6. The largest absolute Gasteiger partial charge is 0.389 e. The lowest BCUT2D eigenvalue weighted by Crippen LogP contribution is -2.38. The second-order valence-corrected chi connectivity index (χ2v) is 7.82. The molecule has 1 fully saturated rings. The van der Waals surface area contributed by atoms with Crippen molar-refractivity contribution in [2.24, 2.45) is 5.73 Å². The summed E-state index contributed by atoms with van der Waals surface area (Å²) in [5.41, 5.74) is 7.16. The van der Waals surface area contributed by atoms with E-state index in [2.05, 4.69) is 0 Å². The van der Waals surface area contributed by atoms with Crippen molar-refractivity contribution in [3.05, 3.63) is 29.3 Å². The molecule has 1 saturated carbocycles. The van der Waals surface area contributed by atoms with Crippen LogP contribution in [0.5, 0.6) is 0 Å². The maximum absolute atomic E-state index is 12.8. The molecule has 4 nitrogen and oxygen atoms in total. The molecule has 0 spiro atoms. The van der Waals surface area contributed by atoms with Crippen molar-refractivity contribution in [3.63, 3.8) is 0 Å². The van der Waals surface area contributed by atoms with Crippen molar-refractivity contribution in [2.75, 3.05) is 6.54 Å². The Morgan fingerprint density at radius 2 is 2.00 bits per heavy atom. The summed E-state index contributed by atoms with van der Waals surface area (Å²) in [5.74, 6) is 0. The molecule has 1 aliphatic rings. The van der Waals surface area contributed by atoms with Crippen LogP contribution >= 0.6 is 12.2 Å². The molecular weight excluding hydrogens is 304 g/mol. The number of nitrogens with two attached hydrogens (primary N) is 1. The van der Waals surface area contributed by atoms with Gasteiger partial charge in [0.1, 0.15) is 4.99 Å². The molecule has 1 aromatic rings. The predicted molar refractivity (Wildman–Crippen MR) is 88.9 cm³/mol. The van der Waals surface area contributed by atoms with Crippen LogP contribution in [0.15, 0.2) is 23.1 Å². The highest BCUT2D eigenvalue weighted by Gasteiger charge is 2.32. The lowest BCUT2D eigenvalue weighted by molar-refractivity contribution is 0.335. The summed E-state index contributed by atoms with van der Waals surface area (Å²) < 4.78 is 27.3. The summed E-state index contributed by atoms with van der Waals surface area (Å²) >= 11 is 4.97. The number of sulfonamides is 1. The van der Waals surface area contributed by atoms with Crippen molar-refractivity contribution in [1.82, 2.24) is 4.31 Å². The minimum atomic E-state index is -3.45. The summed E-state index contributed by atoms with van der Waals surface area (Å²) in [4.78, 5) is 0.619. The SMILES string of the molecule is CCN(C1CCCC1)S(=O)(=O)c1ccc(C(N)=S)c(C)c1. The third kappa shape index (κ3) is 3.27. The molecule has 0 aromatic heterocycles. The highest BCUT2D eigenvalue weighted by atomic mass is 32.2. The first-order chi connectivity index (χ1) is 9.87. The number of thiocarbonyl (C=S) groups is 1. The molecule has 0 heterocycles. The van der Waals surface area contributed by atoms with Crippen molar-refractivity contribution < 1.29 is 8.42 Å². The summed E-state index contributed by atoms with van der Waals surface area (Å²) in [6.45, 7) is 4.23. The minimum absolute atomic E-state index is 0.135. The fourth-order valence-electron chi connectivity index (χ4n) is 3.03. The Bertz CT molecular complexity index is 635. The fraction of sp³-hybridized carbons (Fsp3) is 0.533. The van der Waals surface area contributed by atoms with Gasteiger partial charge in [-0.3, -0.25) is 0 Å². The molecule has 6 heteroatoms. The maximum Gasteiger partial charge on any atom is 0.243 e. The van der Waals surface area contributed by atoms with Crippen LogP contribution in [0.3, 0.4) is 0 Å². The molecule has 21 heavy (non-hydrogen) atoms. The first kappa shape index (κ1) is 16.4. The summed E-state index contributed by atoms with van der Waals surface area (Å²) in [7, 11) is -3.45. The maximum atomic E-state index is 12.8. The smallest absolute Gasteiger partial charge is 0.243 e. The molecule has 0 bridgehead atoms. The van der Waals surface area contributed by atoms with Crippen molar-refractivity contribution in [1.29, 1.82) is 0 Å². The molecule has 0 amide bonds. The van der Waals surface area contributed by atoms with Crippen LogP contribution in [-0.2, 0) is 10.0 Å². The predicted octanol–water partition coefficient (Wildman–Crippen LogP) is 2.58. The van der Waals surface area contributed by atoms with E-state index in [9.17, 15) is 8.42 Å². The van der Waals surface area contributed by atoms with Gasteiger partial charge in [-0.25, -0.2) is 8.42 Å². The molecule has 0 saturated heterocycles. The first-order valence-electron chi connectivity index (χ1n) is 7.30. The molecule has 2 N–H and O–H groups in total. The van der Waals surface area contributed by atoms with Gasteiger partial charge in [-0.1, -0.05) is 38.0 Å². The molecular formula is C15H22N2O2S2. The summed E-state index contributed by atoms with van der Waals surface area (Å²) in [6, 6.07) is 5.11. The Morgan fingerprint density at radius 3 is 2.48 bits per heavy atom. The second kappa shape index (κ2) is 6.42. The average molecular weight is 326 g/mol. The quantitative estimate of drug-likeness (QED) is 0.845. The number of aryl methyl sites for hydroxylation is 1. The van der Waals surface area contributed by atoms with Crippen LogP contribution < -0.4 is 5.73 Å². The van der Waals surface area contributed by atoms with E-state index in [0.717, 1.165) is 36.8 Å². The molecule has 0 unspecified atom stereocenters. The van der Waals surface area contributed by atoms with Crippen LogP contribution in [0.25, 0.3) is 0 Å². The zero-order valence-electron chi connectivity index (χ0n) is 12.5. The number of hydrogen-bond donors (Lipinski definition) is 1. The van der Waals surface area contributed by atoms with Gasteiger partial charge in [0.05, 0.1) is 4.90 Å². The van der Waals surface area contributed by atoms with Crippen LogP contribution in [0, 0.1) is 6.92 Å². The van der Waals surface area contributed by atoms with Crippen LogP contribution in [0.1, 0.15) is 43.7 Å². The second-order valence-electron chi connectivity index (χ2n) is 5.49. The Morgan fingerprint density at radius 1 is 1.38 bits per heavy atom. The average Bonchev–Trinajstić information content (AvgIpc) is 2.92. The fourth-order valence-corrected chi connectivity index (χ4v) is 5.03. The van der Waals surface area contributed by atoms with Gasteiger partial charge >= 0.3 is 0 Å². The normalized spacial score (nSPS) is 16.5. The Kier molecular flexibility index (Phi) is 5.01. The van der Waals surface area contributed by atoms with E-state index < -0.39 is 10.0 Å². The highest BCUT2D eigenvalue weighted by molar-refractivity contribution is 7.89. The van der Waals surface area contributed by atoms with Gasteiger partial charge in [-0.15, -0.1) is 0 Å². The molecule has 1 aromatic carbocycles. The number of hydrogen-bond acceptors (Lipinski definition) is 3. The molecule has 0 radical (unpaired) electrons. The summed E-state index contributed by atoms with van der Waals surface area (Å²) in [6.07, 6.45) is 4.13. The third-order valence-corrected chi connectivity index (χ3v) is 6.36. The van der Waals surface area contributed by atoms with Gasteiger partial charge in [0.2, 0.25) is 10.0 Å². The first-order valence-corrected chi connectivity index (χ1v) is 9.15. The topological polar surface area (TPSA) is 63.4 Å². The van der Waals surface area contributed by atoms with Crippen LogP contribution in [0.4, 0.5) is 0 Å². The molecule has 2 rings (SSSR count).